The summed E-state index contributed by atoms with van der Waals surface area (Å²) < 4.78 is 5.61. The molecule has 146 valence electrons. The summed E-state index contributed by atoms with van der Waals surface area (Å²) in [5, 5.41) is -0.346. The maximum Gasteiger partial charge on any atom is 0.294 e. The first-order valence-corrected chi connectivity index (χ1v) is 9.93. The zero-order chi connectivity index (χ0) is 20.6. The number of likely N-dealkylation sites (N-methyl/N-ethyl adjacent to an activating group) is 1. The van der Waals surface area contributed by atoms with Crippen LogP contribution in [0.15, 0.2) is 23.1 Å². The largest absolute Gasteiger partial charge is 0.496 e. The molecule has 0 radical (unpaired) electrons. The number of thioether (sulfide) groups is 1. The van der Waals surface area contributed by atoms with Crippen LogP contribution >= 0.6 is 11.8 Å². The van der Waals surface area contributed by atoms with Gasteiger partial charge in [-0.05, 0) is 57.2 Å². The standard InChI is InChI=1S/C22H24N2O3S/c1-7-9-23-20(25)19(28-21(23)26)11-15-10-16-14(3)13-22(4,5)24(8-2)17(16)12-18(15)27-6/h1,10-13H,8-9H2,2-6H3/b19-11+. The number of carbonyl (C=O) groups excluding carboxylic acids is 2. The fourth-order valence-corrected chi connectivity index (χ4v) is 4.69. The van der Waals surface area contributed by atoms with Crippen molar-refractivity contribution in [2.75, 3.05) is 25.1 Å². The van der Waals surface area contributed by atoms with Gasteiger partial charge in [0.25, 0.3) is 11.1 Å². The van der Waals surface area contributed by atoms with Crippen molar-refractivity contribution in [2.24, 2.45) is 0 Å². The number of anilines is 1. The summed E-state index contributed by atoms with van der Waals surface area (Å²) in [6, 6.07) is 4.03. The van der Waals surface area contributed by atoms with Crippen LogP contribution < -0.4 is 9.64 Å². The number of rotatable bonds is 4. The molecule has 1 saturated heterocycles. The number of ether oxygens (including phenoxy) is 1. The van der Waals surface area contributed by atoms with Crippen molar-refractivity contribution in [1.82, 2.24) is 4.90 Å². The molecule has 1 aromatic rings. The van der Waals surface area contributed by atoms with Crippen LogP contribution in [0.3, 0.4) is 0 Å². The van der Waals surface area contributed by atoms with Gasteiger partial charge < -0.3 is 9.64 Å². The summed E-state index contributed by atoms with van der Waals surface area (Å²) in [7, 11) is 1.61. The molecule has 3 rings (SSSR count). The highest BCUT2D eigenvalue weighted by Gasteiger charge is 2.35. The third-order valence-electron chi connectivity index (χ3n) is 5.05. The van der Waals surface area contributed by atoms with E-state index >= 15 is 0 Å². The first-order chi connectivity index (χ1) is 13.2. The number of hydrogen-bond acceptors (Lipinski definition) is 5. The Morgan fingerprint density at radius 3 is 2.64 bits per heavy atom. The molecule has 0 N–H and O–H groups in total. The van der Waals surface area contributed by atoms with E-state index in [4.69, 9.17) is 11.2 Å². The molecule has 2 amide bonds. The monoisotopic (exact) mass is 396 g/mol. The minimum absolute atomic E-state index is 0.0221. The third-order valence-corrected chi connectivity index (χ3v) is 5.96. The minimum Gasteiger partial charge on any atom is -0.496 e. The van der Waals surface area contributed by atoms with Crippen LogP contribution in [0, 0.1) is 12.3 Å². The second kappa shape index (κ2) is 7.40. The van der Waals surface area contributed by atoms with Gasteiger partial charge in [-0.25, -0.2) is 0 Å². The lowest BCUT2D eigenvalue weighted by molar-refractivity contribution is -0.122. The van der Waals surface area contributed by atoms with Crippen molar-refractivity contribution in [3.8, 4) is 18.1 Å². The lowest BCUT2D eigenvalue weighted by Gasteiger charge is -2.43. The normalized spacial score (nSPS) is 19.6. The molecule has 2 aliphatic rings. The zero-order valence-corrected chi connectivity index (χ0v) is 17.6. The molecule has 1 aromatic carbocycles. The average molecular weight is 397 g/mol. The summed E-state index contributed by atoms with van der Waals surface area (Å²) in [6.45, 7) is 9.42. The molecular weight excluding hydrogens is 372 g/mol. The number of benzene rings is 1. The molecule has 6 heteroatoms. The summed E-state index contributed by atoms with van der Waals surface area (Å²) in [5.41, 5.74) is 4.02. The quantitative estimate of drug-likeness (QED) is 0.558. The van der Waals surface area contributed by atoms with E-state index in [0.29, 0.717) is 10.7 Å². The van der Waals surface area contributed by atoms with Crippen LogP contribution in [0.5, 0.6) is 5.75 Å². The van der Waals surface area contributed by atoms with Crippen molar-refractivity contribution >= 4 is 40.2 Å². The van der Waals surface area contributed by atoms with Crippen molar-refractivity contribution in [3.63, 3.8) is 0 Å². The summed E-state index contributed by atoms with van der Waals surface area (Å²) in [5.74, 6) is 2.64. The van der Waals surface area contributed by atoms with Gasteiger partial charge in [0.1, 0.15) is 5.75 Å². The Balaban J connectivity index is 2.10. The molecule has 1 fully saturated rings. The van der Waals surface area contributed by atoms with Gasteiger partial charge in [0.15, 0.2) is 0 Å². The molecular formula is C22H24N2O3S. The number of fused-ring (bicyclic) bond motifs is 1. The molecule has 2 aliphatic heterocycles. The van der Waals surface area contributed by atoms with Gasteiger partial charge in [0.05, 0.1) is 24.1 Å². The van der Waals surface area contributed by atoms with Crippen molar-refractivity contribution in [3.05, 3.63) is 34.2 Å². The zero-order valence-electron chi connectivity index (χ0n) is 16.8. The fraction of sp³-hybridized carbons (Fsp3) is 0.364. The van der Waals surface area contributed by atoms with Crippen molar-refractivity contribution < 1.29 is 14.3 Å². The molecule has 28 heavy (non-hydrogen) atoms. The Bertz CT molecular complexity index is 953. The number of hydrogen-bond donors (Lipinski definition) is 0. The Morgan fingerprint density at radius 1 is 1.32 bits per heavy atom. The van der Waals surface area contributed by atoms with E-state index in [0.717, 1.165) is 40.0 Å². The smallest absolute Gasteiger partial charge is 0.294 e. The second-order valence-corrected chi connectivity index (χ2v) is 8.30. The second-order valence-electron chi connectivity index (χ2n) is 7.31. The van der Waals surface area contributed by atoms with E-state index < -0.39 is 0 Å². The summed E-state index contributed by atoms with van der Waals surface area (Å²) in [4.78, 5) is 28.3. The lowest BCUT2D eigenvalue weighted by Crippen LogP contribution is -2.44. The minimum atomic E-state index is -0.365. The molecule has 2 heterocycles. The molecule has 0 unspecified atom stereocenters. The van der Waals surface area contributed by atoms with E-state index in [1.807, 2.05) is 12.1 Å². The Kier molecular flexibility index (Phi) is 5.31. The van der Waals surface area contributed by atoms with E-state index in [1.54, 1.807) is 13.2 Å². The van der Waals surface area contributed by atoms with Crippen LogP contribution in [0.4, 0.5) is 10.5 Å². The van der Waals surface area contributed by atoms with Crippen LogP contribution in [0.25, 0.3) is 11.6 Å². The Morgan fingerprint density at radius 2 is 2.04 bits per heavy atom. The predicted molar refractivity (Wildman–Crippen MR) is 115 cm³/mol. The average Bonchev–Trinajstić information content (AvgIpc) is 2.89. The Labute approximate surface area is 170 Å². The molecule has 5 nitrogen and oxygen atoms in total. The van der Waals surface area contributed by atoms with Crippen LogP contribution in [0.1, 0.15) is 38.8 Å². The fourth-order valence-electron chi connectivity index (χ4n) is 3.86. The number of allylic oxidation sites excluding steroid dienone is 1. The van der Waals surface area contributed by atoms with Crippen LogP contribution in [-0.4, -0.2) is 41.8 Å². The molecule has 0 bridgehead atoms. The maximum atomic E-state index is 12.5. The number of amides is 2. The van der Waals surface area contributed by atoms with Gasteiger partial charge in [-0.1, -0.05) is 12.0 Å². The lowest BCUT2D eigenvalue weighted by atomic mass is 9.87. The molecule has 0 saturated carbocycles. The van der Waals surface area contributed by atoms with E-state index in [9.17, 15) is 9.59 Å². The van der Waals surface area contributed by atoms with Crippen molar-refractivity contribution in [1.29, 1.82) is 0 Å². The van der Waals surface area contributed by atoms with Gasteiger partial charge in [0, 0.05) is 29.4 Å². The third kappa shape index (κ3) is 3.31. The van der Waals surface area contributed by atoms with E-state index in [1.165, 1.54) is 5.57 Å². The SMILES string of the molecule is C#CCN1C(=O)S/C(=C/c2cc3c(cc2OC)N(CC)C(C)(C)C=C3C)C1=O. The number of nitrogens with zero attached hydrogens (tertiary/aromatic N) is 2. The highest BCUT2D eigenvalue weighted by molar-refractivity contribution is 8.18. The maximum absolute atomic E-state index is 12.5. The molecule has 0 aliphatic carbocycles. The van der Waals surface area contributed by atoms with Crippen LogP contribution in [-0.2, 0) is 4.79 Å². The van der Waals surface area contributed by atoms with Gasteiger partial charge in [-0.2, -0.15) is 0 Å². The number of terminal acetylenes is 1. The van der Waals surface area contributed by atoms with Gasteiger partial charge in [-0.3, -0.25) is 14.5 Å². The highest BCUT2D eigenvalue weighted by Crippen LogP contribution is 2.43. The number of carbonyl (C=O) groups is 2. The van der Waals surface area contributed by atoms with E-state index in [-0.39, 0.29) is 23.2 Å². The summed E-state index contributed by atoms with van der Waals surface area (Å²) >= 11 is 0.901. The first-order valence-electron chi connectivity index (χ1n) is 9.11. The van der Waals surface area contributed by atoms with Gasteiger partial charge >= 0.3 is 0 Å². The molecule has 0 spiro atoms. The predicted octanol–water partition coefficient (Wildman–Crippen LogP) is 4.39. The van der Waals surface area contributed by atoms with Gasteiger partial charge in [-0.15, -0.1) is 6.42 Å². The molecule has 0 aromatic heterocycles. The first kappa shape index (κ1) is 20.1. The number of imide groups is 1. The molecule has 0 atom stereocenters. The summed E-state index contributed by atoms with van der Waals surface area (Å²) in [6.07, 6.45) is 9.22. The highest BCUT2D eigenvalue weighted by atomic mass is 32.2. The van der Waals surface area contributed by atoms with Crippen molar-refractivity contribution in [2.45, 2.75) is 33.2 Å². The van der Waals surface area contributed by atoms with Gasteiger partial charge in [0.2, 0.25) is 0 Å². The van der Waals surface area contributed by atoms with Crippen LogP contribution in [0.2, 0.25) is 0 Å². The Hall–Kier alpha value is -2.65. The topological polar surface area (TPSA) is 49.9 Å². The number of methoxy groups -OCH3 is 1. The van der Waals surface area contributed by atoms with E-state index in [2.05, 4.69) is 44.6 Å².